The number of hydrogen-bond acceptors (Lipinski definition) is 8. The van der Waals surface area contributed by atoms with Crippen LogP contribution < -0.4 is 13.8 Å². The van der Waals surface area contributed by atoms with Crippen molar-refractivity contribution in [2.75, 3.05) is 31.0 Å². The highest BCUT2D eigenvalue weighted by atomic mass is 32.2. The summed E-state index contributed by atoms with van der Waals surface area (Å²) in [6.45, 7) is 0. The predicted molar refractivity (Wildman–Crippen MR) is 98.5 cm³/mol. The SMILES string of the molecule is COc1ccc(N(C(=O)c2ccc(S(C)(=O)=O)cc2)S(C)(=O)=O)c(OC)n1. The smallest absolute Gasteiger partial charge is 0.272 e. The second kappa shape index (κ2) is 7.53. The van der Waals surface area contributed by atoms with Gasteiger partial charge in [-0.05, 0) is 30.3 Å². The first-order valence-corrected chi connectivity index (χ1v) is 11.2. The zero-order chi connectivity index (χ0) is 20.4. The lowest BCUT2D eigenvalue weighted by atomic mass is 10.2. The molecule has 0 radical (unpaired) electrons. The summed E-state index contributed by atoms with van der Waals surface area (Å²) >= 11 is 0. The van der Waals surface area contributed by atoms with Crippen LogP contribution >= 0.6 is 0 Å². The lowest BCUT2D eigenvalue weighted by molar-refractivity contribution is 0.100. The van der Waals surface area contributed by atoms with Crippen LogP contribution in [0, 0.1) is 0 Å². The van der Waals surface area contributed by atoms with E-state index in [1.54, 1.807) is 0 Å². The van der Waals surface area contributed by atoms with Gasteiger partial charge in [0, 0.05) is 17.9 Å². The number of sulfone groups is 1. The number of sulfonamides is 1. The zero-order valence-corrected chi connectivity index (χ0v) is 16.7. The zero-order valence-electron chi connectivity index (χ0n) is 15.0. The Hall–Kier alpha value is -2.66. The maximum absolute atomic E-state index is 12.9. The number of carbonyl (C=O) groups is 1. The number of benzene rings is 1. The van der Waals surface area contributed by atoms with E-state index in [0.717, 1.165) is 12.5 Å². The van der Waals surface area contributed by atoms with Crippen LogP contribution in [0.5, 0.6) is 11.8 Å². The van der Waals surface area contributed by atoms with Crippen molar-refractivity contribution in [1.29, 1.82) is 0 Å². The lowest BCUT2D eigenvalue weighted by Crippen LogP contribution is -2.36. The summed E-state index contributed by atoms with van der Waals surface area (Å²) in [5.41, 5.74) is -0.122. The molecule has 0 atom stereocenters. The molecule has 2 aromatic rings. The van der Waals surface area contributed by atoms with Gasteiger partial charge in [0.05, 0.1) is 25.4 Å². The molecule has 0 fully saturated rings. The summed E-state index contributed by atoms with van der Waals surface area (Å²) in [7, 11) is -4.85. The van der Waals surface area contributed by atoms with Crippen molar-refractivity contribution in [3.63, 3.8) is 0 Å². The first-order valence-electron chi connectivity index (χ1n) is 7.43. The Morgan fingerprint density at radius 1 is 0.926 bits per heavy atom. The summed E-state index contributed by atoms with van der Waals surface area (Å²) in [6, 6.07) is 7.64. The third-order valence-corrected chi connectivity index (χ3v) is 5.64. The first-order chi connectivity index (χ1) is 12.5. The number of ether oxygens (including phenoxy) is 2. The molecule has 0 aliphatic rings. The van der Waals surface area contributed by atoms with E-state index in [1.165, 1.54) is 50.6 Å². The molecule has 1 heterocycles. The fourth-order valence-electron chi connectivity index (χ4n) is 2.24. The fraction of sp³-hybridized carbons (Fsp3) is 0.250. The van der Waals surface area contributed by atoms with Gasteiger partial charge in [-0.15, -0.1) is 0 Å². The van der Waals surface area contributed by atoms with Crippen molar-refractivity contribution in [1.82, 2.24) is 4.98 Å². The maximum atomic E-state index is 12.9. The predicted octanol–water partition coefficient (Wildman–Crippen LogP) is 1.11. The van der Waals surface area contributed by atoms with Gasteiger partial charge in [-0.1, -0.05) is 0 Å². The van der Waals surface area contributed by atoms with Crippen LogP contribution in [0.3, 0.4) is 0 Å². The van der Waals surface area contributed by atoms with E-state index < -0.39 is 25.8 Å². The fourth-order valence-corrected chi connectivity index (χ4v) is 3.77. The van der Waals surface area contributed by atoms with E-state index in [4.69, 9.17) is 9.47 Å². The van der Waals surface area contributed by atoms with Crippen LogP contribution in [-0.4, -0.2) is 54.5 Å². The van der Waals surface area contributed by atoms with Gasteiger partial charge in [0.1, 0.15) is 5.69 Å². The maximum Gasteiger partial charge on any atom is 0.272 e. The number of anilines is 1. The highest BCUT2D eigenvalue weighted by Crippen LogP contribution is 2.31. The van der Waals surface area contributed by atoms with Crippen LogP contribution in [-0.2, 0) is 19.9 Å². The third-order valence-electron chi connectivity index (χ3n) is 3.48. The average Bonchev–Trinajstić information content (AvgIpc) is 2.60. The van der Waals surface area contributed by atoms with Crippen LogP contribution in [0.25, 0.3) is 0 Å². The van der Waals surface area contributed by atoms with Crippen molar-refractivity contribution >= 4 is 31.5 Å². The van der Waals surface area contributed by atoms with E-state index in [1.807, 2.05) is 0 Å². The highest BCUT2D eigenvalue weighted by molar-refractivity contribution is 7.92. The number of carbonyl (C=O) groups excluding carboxylic acids is 1. The lowest BCUT2D eigenvalue weighted by Gasteiger charge is -2.22. The van der Waals surface area contributed by atoms with Crippen LogP contribution in [0.15, 0.2) is 41.3 Å². The second-order valence-corrected chi connectivity index (χ2v) is 9.36. The van der Waals surface area contributed by atoms with E-state index in [9.17, 15) is 21.6 Å². The van der Waals surface area contributed by atoms with E-state index in [2.05, 4.69) is 4.98 Å². The molecule has 0 N–H and O–H groups in total. The molecule has 1 aromatic heterocycles. The Morgan fingerprint density at radius 3 is 1.96 bits per heavy atom. The molecule has 11 heteroatoms. The molecular formula is C16H18N2O7S2. The number of hydrogen-bond donors (Lipinski definition) is 0. The normalized spacial score (nSPS) is 11.7. The molecule has 1 aromatic carbocycles. The summed E-state index contributed by atoms with van der Waals surface area (Å²) in [5.74, 6) is -0.835. The average molecular weight is 414 g/mol. The van der Waals surface area contributed by atoms with Gasteiger partial charge in [0.25, 0.3) is 5.91 Å². The molecule has 9 nitrogen and oxygen atoms in total. The Labute approximate surface area is 157 Å². The number of nitrogens with zero attached hydrogens (tertiary/aromatic N) is 2. The summed E-state index contributed by atoms with van der Waals surface area (Å²) < 4.78 is 58.3. The standard InChI is InChI=1S/C16H18N2O7S2/c1-24-14-10-9-13(15(17-14)25-2)18(27(4,22)23)16(19)11-5-7-12(8-6-11)26(3,20)21/h5-10H,1-4H3. The van der Waals surface area contributed by atoms with E-state index in [0.29, 0.717) is 4.31 Å². The van der Waals surface area contributed by atoms with Crippen molar-refractivity contribution in [3.05, 3.63) is 42.0 Å². The molecular weight excluding hydrogens is 396 g/mol. The Kier molecular flexibility index (Phi) is 5.76. The molecule has 0 aliphatic heterocycles. The summed E-state index contributed by atoms with van der Waals surface area (Å²) in [5, 5.41) is 0. The molecule has 27 heavy (non-hydrogen) atoms. The van der Waals surface area contributed by atoms with Crippen molar-refractivity contribution in [3.8, 4) is 11.8 Å². The number of methoxy groups -OCH3 is 2. The van der Waals surface area contributed by atoms with Crippen LogP contribution in [0.2, 0.25) is 0 Å². The number of pyridine rings is 1. The Morgan fingerprint density at radius 2 is 1.52 bits per heavy atom. The van der Waals surface area contributed by atoms with Gasteiger partial charge in [-0.25, -0.2) is 16.8 Å². The molecule has 2 rings (SSSR count). The molecule has 0 spiro atoms. The van der Waals surface area contributed by atoms with Crippen molar-refractivity contribution in [2.24, 2.45) is 0 Å². The topological polar surface area (TPSA) is 120 Å². The van der Waals surface area contributed by atoms with Crippen molar-refractivity contribution < 1.29 is 31.1 Å². The number of rotatable bonds is 6. The molecule has 146 valence electrons. The second-order valence-electron chi connectivity index (χ2n) is 5.51. The molecule has 0 unspecified atom stereocenters. The summed E-state index contributed by atoms with van der Waals surface area (Å²) in [4.78, 5) is 16.9. The van der Waals surface area contributed by atoms with Gasteiger partial charge >= 0.3 is 0 Å². The molecule has 0 saturated carbocycles. The van der Waals surface area contributed by atoms with Crippen LogP contribution in [0.1, 0.15) is 10.4 Å². The number of aromatic nitrogens is 1. The minimum atomic E-state index is -4.05. The number of amides is 1. The van der Waals surface area contributed by atoms with Crippen molar-refractivity contribution in [2.45, 2.75) is 4.90 Å². The van der Waals surface area contributed by atoms with E-state index in [-0.39, 0.29) is 27.9 Å². The molecule has 0 bridgehead atoms. The molecule has 0 aliphatic carbocycles. The van der Waals surface area contributed by atoms with E-state index >= 15 is 0 Å². The third kappa shape index (κ3) is 4.55. The monoisotopic (exact) mass is 414 g/mol. The van der Waals surface area contributed by atoms with Gasteiger partial charge in [0.15, 0.2) is 9.84 Å². The Balaban J connectivity index is 2.57. The van der Waals surface area contributed by atoms with Gasteiger partial charge < -0.3 is 9.47 Å². The summed E-state index contributed by atoms with van der Waals surface area (Å²) in [6.07, 6.45) is 1.89. The Bertz CT molecular complexity index is 1060. The van der Waals surface area contributed by atoms with Gasteiger partial charge in [-0.3, -0.25) is 4.79 Å². The highest BCUT2D eigenvalue weighted by Gasteiger charge is 2.30. The van der Waals surface area contributed by atoms with Gasteiger partial charge in [0.2, 0.25) is 21.8 Å². The molecule has 0 saturated heterocycles. The molecule has 1 amide bonds. The minimum absolute atomic E-state index is 0.00801. The first kappa shape index (κ1) is 20.6. The minimum Gasteiger partial charge on any atom is -0.481 e. The van der Waals surface area contributed by atoms with Gasteiger partial charge in [-0.2, -0.15) is 9.29 Å². The largest absolute Gasteiger partial charge is 0.481 e. The van der Waals surface area contributed by atoms with Crippen LogP contribution in [0.4, 0.5) is 5.69 Å². The quantitative estimate of drug-likeness (QED) is 0.689.